The predicted molar refractivity (Wildman–Crippen MR) is 71.4 cm³/mol. The Hall–Kier alpha value is -1.71. The van der Waals surface area contributed by atoms with E-state index < -0.39 is 6.09 Å². The van der Waals surface area contributed by atoms with Crippen LogP contribution in [0.25, 0.3) is 0 Å². The van der Waals surface area contributed by atoms with E-state index in [-0.39, 0.29) is 5.41 Å². The average Bonchev–Trinajstić information content (AvgIpc) is 2.29. The van der Waals surface area contributed by atoms with Crippen molar-refractivity contribution in [1.82, 2.24) is 5.32 Å². The minimum Gasteiger partial charge on any atom is -0.494 e. The van der Waals surface area contributed by atoms with E-state index in [0.717, 1.165) is 16.9 Å². The molecule has 1 amide bonds. The maximum Gasteiger partial charge on any atom is 0.404 e. The zero-order valence-electron chi connectivity index (χ0n) is 11.4. The van der Waals surface area contributed by atoms with E-state index in [9.17, 15) is 4.79 Å². The smallest absolute Gasteiger partial charge is 0.404 e. The number of aryl methyl sites for hydroxylation is 1. The molecule has 4 nitrogen and oxygen atoms in total. The Bertz CT molecular complexity index is 427. The Morgan fingerprint density at radius 2 is 2.11 bits per heavy atom. The normalized spacial score (nSPS) is 11.1. The minimum atomic E-state index is -0.995. The summed E-state index contributed by atoms with van der Waals surface area (Å²) in [5.41, 5.74) is 1.92. The molecule has 0 saturated heterocycles. The second-order valence-electron chi connectivity index (χ2n) is 4.96. The van der Waals surface area contributed by atoms with Gasteiger partial charge in [0.25, 0.3) is 0 Å². The summed E-state index contributed by atoms with van der Waals surface area (Å²) in [6, 6.07) is 5.98. The molecule has 0 aliphatic carbocycles. The van der Waals surface area contributed by atoms with Crippen molar-refractivity contribution >= 4 is 6.09 Å². The second-order valence-corrected chi connectivity index (χ2v) is 4.96. The SMILES string of the molecule is CCOc1ccc(C(C)(C)CNC(=O)O)cc1C. The quantitative estimate of drug-likeness (QED) is 0.846. The zero-order chi connectivity index (χ0) is 13.8. The number of amides is 1. The molecule has 0 unspecified atom stereocenters. The van der Waals surface area contributed by atoms with Gasteiger partial charge in [-0.1, -0.05) is 26.0 Å². The van der Waals surface area contributed by atoms with Crippen molar-refractivity contribution in [3.05, 3.63) is 29.3 Å². The van der Waals surface area contributed by atoms with Crippen LogP contribution >= 0.6 is 0 Å². The van der Waals surface area contributed by atoms with Crippen molar-refractivity contribution < 1.29 is 14.6 Å². The van der Waals surface area contributed by atoms with E-state index in [0.29, 0.717) is 13.2 Å². The minimum absolute atomic E-state index is 0.242. The molecule has 18 heavy (non-hydrogen) atoms. The Morgan fingerprint density at radius 3 is 2.61 bits per heavy atom. The molecule has 0 heterocycles. The van der Waals surface area contributed by atoms with E-state index >= 15 is 0 Å². The standard InChI is InChI=1S/C14H21NO3/c1-5-18-12-7-6-11(8-10(12)2)14(3,4)9-15-13(16)17/h6-8,15H,5,9H2,1-4H3,(H,16,17). The van der Waals surface area contributed by atoms with Gasteiger partial charge in [-0.2, -0.15) is 0 Å². The number of carboxylic acid groups (broad SMARTS) is 1. The largest absolute Gasteiger partial charge is 0.494 e. The third kappa shape index (κ3) is 3.65. The molecule has 0 saturated carbocycles. The first kappa shape index (κ1) is 14.4. The van der Waals surface area contributed by atoms with Gasteiger partial charge < -0.3 is 15.2 Å². The van der Waals surface area contributed by atoms with Gasteiger partial charge in [0.1, 0.15) is 5.75 Å². The molecule has 4 heteroatoms. The van der Waals surface area contributed by atoms with Gasteiger partial charge in [-0.05, 0) is 31.0 Å². The molecule has 0 bridgehead atoms. The summed E-state index contributed by atoms with van der Waals surface area (Å²) in [6.45, 7) is 9.00. The van der Waals surface area contributed by atoms with Crippen LogP contribution in [0.2, 0.25) is 0 Å². The fourth-order valence-electron chi connectivity index (χ4n) is 1.79. The van der Waals surface area contributed by atoms with Crippen molar-refractivity contribution in [2.75, 3.05) is 13.2 Å². The summed E-state index contributed by atoms with van der Waals surface area (Å²) in [5, 5.41) is 11.1. The molecule has 0 aliphatic heterocycles. The summed E-state index contributed by atoms with van der Waals surface area (Å²) in [5.74, 6) is 0.878. The van der Waals surface area contributed by atoms with Crippen molar-refractivity contribution in [3.8, 4) is 5.75 Å². The highest BCUT2D eigenvalue weighted by atomic mass is 16.5. The van der Waals surface area contributed by atoms with Gasteiger partial charge in [-0.3, -0.25) is 0 Å². The van der Waals surface area contributed by atoms with Crippen LogP contribution in [0.5, 0.6) is 5.75 Å². The van der Waals surface area contributed by atoms with Crippen molar-refractivity contribution in [1.29, 1.82) is 0 Å². The molecule has 0 aromatic heterocycles. The number of benzene rings is 1. The zero-order valence-corrected chi connectivity index (χ0v) is 11.4. The van der Waals surface area contributed by atoms with Gasteiger partial charge >= 0.3 is 6.09 Å². The van der Waals surface area contributed by atoms with Gasteiger partial charge in [0, 0.05) is 12.0 Å². The van der Waals surface area contributed by atoms with E-state index in [1.807, 2.05) is 39.8 Å². The van der Waals surface area contributed by atoms with Crippen LogP contribution in [0.3, 0.4) is 0 Å². The molecule has 100 valence electrons. The molecule has 0 atom stereocenters. The highest BCUT2D eigenvalue weighted by Crippen LogP contribution is 2.27. The van der Waals surface area contributed by atoms with E-state index in [2.05, 4.69) is 11.4 Å². The van der Waals surface area contributed by atoms with Crippen molar-refractivity contribution in [2.45, 2.75) is 33.1 Å². The van der Waals surface area contributed by atoms with Crippen LogP contribution < -0.4 is 10.1 Å². The summed E-state index contributed by atoms with van der Waals surface area (Å²) >= 11 is 0. The monoisotopic (exact) mass is 251 g/mol. The Labute approximate surface area is 108 Å². The second kappa shape index (κ2) is 5.76. The Morgan fingerprint density at radius 1 is 1.44 bits per heavy atom. The Kier molecular flexibility index (Phi) is 4.59. The highest BCUT2D eigenvalue weighted by molar-refractivity contribution is 5.64. The van der Waals surface area contributed by atoms with Crippen LogP contribution in [0, 0.1) is 6.92 Å². The summed E-state index contributed by atoms with van der Waals surface area (Å²) < 4.78 is 5.49. The van der Waals surface area contributed by atoms with E-state index in [1.165, 1.54) is 0 Å². The van der Waals surface area contributed by atoms with Gasteiger partial charge in [0.2, 0.25) is 0 Å². The molecule has 1 aromatic rings. The van der Waals surface area contributed by atoms with Crippen LogP contribution in [0.15, 0.2) is 18.2 Å². The van der Waals surface area contributed by atoms with E-state index in [1.54, 1.807) is 0 Å². The number of rotatable bonds is 5. The van der Waals surface area contributed by atoms with Gasteiger partial charge in [-0.15, -0.1) is 0 Å². The molecule has 0 spiro atoms. The first-order valence-corrected chi connectivity index (χ1v) is 6.07. The molecule has 0 fully saturated rings. The third-order valence-corrected chi connectivity index (χ3v) is 2.94. The first-order valence-electron chi connectivity index (χ1n) is 6.07. The molecule has 0 radical (unpaired) electrons. The molecule has 2 N–H and O–H groups in total. The summed E-state index contributed by atoms with van der Waals surface area (Å²) in [4.78, 5) is 10.6. The summed E-state index contributed by atoms with van der Waals surface area (Å²) in [7, 11) is 0. The first-order chi connectivity index (χ1) is 8.36. The number of carbonyl (C=O) groups is 1. The number of hydrogen-bond donors (Lipinski definition) is 2. The van der Waals surface area contributed by atoms with E-state index in [4.69, 9.17) is 9.84 Å². The summed E-state index contributed by atoms with van der Waals surface area (Å²) in [6.07, 6.45) is -0.995. The molecular weight excluding hydrogens is 230 g/mol. The van der Waals surface area contributed by atoms with Crippen molar-refractivity contribution in [3.63, 3.8) is 0 Å². The van der Waals surface area contributed by atoms with Crippen LogP contribution in [-0.2, 0) is 5.41 Å². The molecular formula is C14H21NO3. The predicted octanol–water partition coefficient (Wildman–Crippen LogP) is 2.94. The maximum absolute atomic E-state index is 10.6. The number of hydrogen-bond acceptors (Lipinski definition) is 2. The van der Waals surface area contributed by atoms with Gasteiger partial charge in [0.05, 0.1) is 6.61 Å². The number of nitrogens with one attached hydrogen (secondary N) is 1. The van der Waals surface area contributed by atoms with Crippen LogP contribution in [0.1, 0.15) is 31.9 Å². The van der Waals surface area contributed by atoms with Gasteiger partial charge in [-0.25, -0.2) is 4.79 Å². The lowest BCUT2D eigenvalue weighted by Gasteiger charge is -2.25. The Balaban J connectivity index is 2.88. The lowest BCUT2D eigenvalue weighted by Crippen LogP contribution is -2.35. The van der Waals surface area contributed by atoms with Crippen LogP contribution in [-0.4, -0.2) is 24.4 Å². The fraction of sp³-hybridized carbons (Fsp3) is 0.500. The molecule has 1 aromatic carbocycles. The average molecular weight is 251 g/mol. The van der Waals surface area contributed by atoms with Gasteiger partial charge in [0.15, 0.2) is 0 Å². The lowest BCUT2D eigenvalue weighted by molar-refractivity contribution is 0.192. The maximum atomic E-state index is 10.6. The number of ether oxygens (including phenoxy) is 1. The molecule has 1 rings (SSSR count). The lowest BCUT2D eigenvalue weighted by atomic mass is 9.84. The van der Waals surface area contributed by atoms with Crippen molar-refractivity contribution in [2.24, 2.45) is 0 Å². The topological polar surface area (TPSA) is 58.6 Å². The third-order valence-electron chi connectivity index (χ3n) is 2.94. The van der Waals surface area contributed by atoms with Crippen LogP contribution in [0.4, 0.5) is 4.79 Å². The highest BCUT2D eigenvalue weighted by Gasteiger charge is 2.22. The fourth-order valence-corrected chi connectivity index (χ4v) is 1.79. The molecule has 0 aliphatic rings.